The van der Waals surface area contributed by atoms with E-state index in [-0.39, 0.29) is 5.92 Å². The zero-order chi connectivity index (χ0) is 9.84. The van der Waals surface area contributed by atoms with Crippen molar-refractivity contribution in [3.8, 4) is 12.3 Å². The molecule has 13 heavy (non-hydrogen) atoms. The summed E-state index contributed by atoms with van der Waals surface area (Å²) in [5.41, 5.74) is 1.78. The van der Waals surface area contributed by atoms with Crippen LogP contribution in [0.3, 0.4) is 0 Å². The minimum atomic E-state index is 0.237. The lowest BCUT2D eigenvalue weighted by molar-refractivity contribution is 0.970. The lowest BCUT2D eigenvalue weighted by atomic mass is 9.99. The van der Waals surface area contributed by atoms with E-state index >= 15 is 0 Å². The first kappa shape index (κ1) is 9.89. The van der Waals surface area contributed by atoms with Crippen LogP contribution in [0, 0.1) is 12.3 Å². The minimum absolute atomic E-state index is 0.237. The van der Waals surface area contributed by atoms with E-state index in [0.29, 0.717) is 5.02 Å². The van der Waals surface area contributed by atoms with Gasteiger partial charge in [0.15, 0.2) is 0 Å². The molecule has 1 rings (SSSR count). The Morgan fingerprint density at radius 1 is 1.62 bits per heavy atom. The summed E-state index contributed by atoms with van der Waals surface area (Å²) in [7, 11) is 0. The van der Waals surface area contributed by atoms with E-state index in [2.05, 4.69) is 12.5 Å². The summed E-state index contributed by atoms with van der Waals surface area (Å²) in [5, 5.41) is 0.664. The van der Waals surface area contributed by atoms with Gasteiger partial charge in [-0.05, 0) is 11.6 Å². The molecule has 0 fully saturated rings. The maximum Gasteiger partial charge on any atom is 0.0600 e. The predicted molar refractivity (Wildman–Crippen MR) is 58.0 cm³/mol. The van der Waals surface area contributed by atoms with Gasteiger partial charge in [-0.25, -0.2) is 0 Å². The van der Waals surface area contributed by atoms with Crippen LogP contribution in [-0.2, 0) is 0 Å². The molecule has 1 unspecified atom stereocenters. The van der Waals surface area contributed by atoms with Crippen molar-refractivity contribution < 1.29 is 0 Å². The third kappa shape index (κ3) is 1.94. The molecule has 0 N–H and O–H groups in total. The summed E-state index contributed by atoms with van der Waals surface area (Å²) >= 11 is 6.09. The first-order valence-electron chi connectivity index (χ1n) is 4.08. The monoisotopic (exact) mass is 190 g/mol. The molecule has 0 aliphatic carbocycles. The summed E-state index contributed by atoms with van der Waals surface area (Å²) in [5.74, 6) is 2.79. The van der Waals surface area contributed by atoms with Gasteiger partial charge in [-0.2, -0.15) is 0 Å². The Bertz CT molecular complexity index is 358. The van der Waals surface area contributed by atoms with Crippen molar-refractivity contribution in [2.45, 2.75) is 12.8 Å². The van der Waals surface area contributed by atoms with E-state index < -0.39 is 0 Å². The van der Waals surface area contributed by atoms with Crippen molar-refractivity contribution in [1.29, 1.82) is 0 Å². The molecule has 0 nitrogen and oxygen atoms in total. The fraction of sp³-hybridized carbons (Fsp3) is 0.167. The minimum Gasteiger partial charge on any atom is -0.115 e. The molecule has 0 spiro atoms. The normalized spacial score (nSPS) is 11.8. The first-order valence-corrected chi connectivity index (χ1v) is 4.46. The molecule has 0 heterocycles. The van der Waals surface area contributed by atoms with Gasteiger partial charge >= 0.3 is 0 Å². The summed E-state index contributed by atoms with van der Waals surface area (Å²) in [6.07, 6.45) is 7.15. The van der Waals surface area contributed by atoms with Gasteiger partial charge in [0.1, 0.15) is 0 Å². The van der Waals surface area contributed by atoms with Crippen molar-refractivity contribution in [1.82, 2.24) is 0 Å². The van der Waals surface area contributed by atoms with Gasteiger partial charge in [0.25, 0.3) is 0 Å². The smallest absolute Gasteiger partial charge is 0.0600 e. The Hall–Kier alpha value is -1.19. The van der Waals surface area contributed by atoms with Crippen LogP contribution >= 0.6 is 11.6 Å². The van der Waals surface area contributed by atoms with Crippen molar-refractivity contribution in [3.63, 3.8) is 0 Å². The quantitative estimate of drug-likeness (QED) is 0.494. The standard InChI is InChI=1S/C12H11Cl/c1-4-9(3)11-8-6-7-10(5-2)12(11)13/h2,4,6-9H,1H2,3H3. The van der Waals surface area contributed by atoms with Gasteiger partial charge < -0.3 is 0 Å². The fourth-order valence-electron chi connectivity index (χ4n) is 1.14. The van der Waals surface area contributed by atoms with Gasteiger partial charge in [-0.3, -0.25) is 0 Å². The van der Waals surface area contributed by atoms with Crippen LogP contribution in [0.15, 0.2) is 30.9 Å². The Kier molecular flexibility index (Phi) is 3.17. The number of benzene rings is 1. The van der Waals surface area contributed by atoms with E-state index in [1.165, 1.54) is 0 Å². The second-order valence-electron chi connectivity index (χ2n) is 2.88. The molecule has 1 heteroatoms. The van der Waals surface area contributed by atoms with Crippen LogP contribution in [0.25, 0.3) is 0 Å². The zero-order valence-electron chi connectivity index (χ0n) is 7.55. The average Bonchev–Trinajstić information content (AvgIpc) is 2.17. The van der Waals surface area contributed by atoms with Gasteiger partial charge in [0, 0.05) is 11.5 Å². The maximum absolute atomic E-state index is 6.09. The summed E-state index contributed by atoms with van der Waals surface area (Å²) in [4.78, 5) is 0. The third-order valence-electron chi connectivity index (χ3n) is 2.03. The topological polar surface area (TPSA) is 0 Å². The van der Waals surface area contributed by atoms with Crippen molar-refractivity contribution in [3.05, 3.63) is 47.0 Å². The summed E-state index contributed by atoms with van der Waals surface area (Å²) in [6.45, 7) is 5.76. The molecule has 0 aliphatic heterocycles. The van der Waals surface area contributed by atoms with Gasteiger partial charge in [0.2, 0.25) is 0 Å². The molecule has 1 aromatic rings. The Morgan fingerprint density at radius 3 is 2.85 bits per heavy atom. The molecule has 0 radical (unpaired) electrons. The van der Waals surface area contributed by atoms with Crippen molar-refractivity contribution in [2.75, 3.05) is 0 Å². The largest absolute Gasteiger partial charge is 0.115 e. The number of terminal acetylenes is 1. The highest BCUT2D eigenvalue weighted by atomic mass is 35.5. The van der Waals surface area contributed by atoms with Crippen LogP contribution in [0.4, 0.5) is 0 Å². The van der Waals surface area contributed by atoms with E-state index in [4.69, 9.17) is 18.0 Å². The van der Waals surface area contributed by atoms with Crippen molar-refractivity contribution in [2.24, 2.45) is 0 Å². The molecule has 0 saturated heterocycles. The number of hydrogen-bond acceptors (Lipinski definition) is 0. The lowest BCUT2D eigenvalue weighted by Crippen LogP contribution is -1.91. The highest BCUT2D eigenvalue weighted by molar-refractivity contribution is 6.32. The first-order chi connectivity index (χ1) is 6.20. The van der Waals surface area contributed by atoms with E-state index in [1.807, 2.05) is 31.2 Å². The van der Waals surface area contributed by atoms with Crippen LogP contribution in [0.2, 0.25) is 5.02 Å². The van der Waals surface area contributed by atoms with Gasteiger partial charge in [-0.15, -0.1) is 13.0 Å². The van der Waals surface area contributed by atoms with Gasteiger partial charge in [0.05, 0.1) is 5.02 Å². The molecule has 0 aliphatic rings. The highest BCUT2D eigenvalue weighted by Gasteiger charge is 2.08. The molecular formula is C12H11Cl. The number of allylic oxidation sites excluding steroid dienone is 1. The zero-order valence-corrected chi connectivity index (χ0v) is 8.31. The molecule has 0 amide bonds. The van der Waals surface area contributed by atoms with Crippen molar-refractivity contribution >= 4 is 11.6 Å². The van der Waals surface area contributed by atoms with Crippen LogP contribution in [0.5, 0.6) is 0 Å². The Morgan fingerprint density at radius 2 is 2.31 bits per heavy atom. The maximum atomic E-state index is 6.09. The Balaban J connectivity index is 3.25. The summed E-state index contributed by atoms with van der Waals surface area (Å²) in [6, 6.07) is 5.72. The van der Waals surface area contributed by atoms with Gasteiger partial charge in [-0.1, -0.05) is 42.7 Å². The number of rotatable bonds is 2. The fourth-order valence-corrected chi connectivity index (χ4v) is 1.49. The predicted octanol–water partition coefficient (Wildman–Crippen LogP) is 3.61. The molecule has 0 bridgehead atoms. The molecule has 1 atom stereocenters. The molecule has 66 valence electrons. The second kappa shape index (κ2) is 4.16. The van der Waals surface area contributed by atoms with Crippen LogP contribution < -0.4 is 0 Å². The highest BCUT2D eigenvalue weighted by Crippen LogP contribution is 2.27. The molecule has 0 aromatic heterocycles. The molecule has 0 saturated carbocycles. The van der Waals surface area contributed by atoms with E-state index in [9.17, 15) is 0 Å². The van der Waals surface area contributed by atoms with E-state index in [0.717, 1.165) is 11.1 Å². The molecular weight excluding hydrogens is 180 g/mol. The van der Waals surface area contributed by atoms with Crippen LogP contribution in [-0.4, -0.2) is 0 Å². The summed E-state index contributed by atoms with van der Waals surface area (Å²) < 4.78 is 0. The SMILES string of the molecule is C#Cc1cccc(C(C)C=C)c1Cl. The average molecular weight is 191 g/mol. The number of hydrogen-bond donors (Lipinski definition) is 0. The van der Waals surface area contributed by atoms with E-state index in [1.54, 1.807) is 0 Å². The third-order valence-corrected chi connectivity index (χ3v) is 2.45. The number of halogens is 1. The lowest BCUT2D eigenvalue weighted by Gasteiger charge is -2.09. The molecule has 1 aromatic carbocycles. The Labute approximate surface area is 84.2 Å². The second-order valence-corrected chi connectivity index (χ2v) is 3.26. The van der Waals surface area contributed by atoms with Crippen LogP contribution in [0.1, 0.15) is 24.0 Å².